The third kappa shape index (κ3) is 3.88. The van der Waals surface area contributed by atoms with Crippen LogP contribution in [-0.2, 0) is 11.2 Å². The first-order chi connectivity index (χ1) is 11.6. The van der Waals surface area contributed by atoms with Crippen LogP contribution in [0.25, 0.3) is 11.4 Å². The van der Waals surface area contributed by atoms with Gasteiger partial charge in [0, 0.05) is 35.3 Å². The molecule has 1 fully saturated rings. The summed E-state index contributed by atoms with van der Waals surface area (Å²) in [6.45, 7) is 1.76. The average Bonchev–Trinajstić information content (AvgIpc) is 2.59. The number of carbonyl (C=O) groups excluding carboxylic acids is 1. The Bertz CT molecular complexity index is 764. The molecule has 0 saturated heterocycles. The normalized spacial score (nSPS) is 15.2. The van der Waals surface area contributed by atoms with Gasteiger partial charge >= 0.3 is 0 Å². The first-order valence-corrected chi connectivity index (χ1v) is 8.43. The van der Waals surface area contributed by atoms with Gasteiger partial charge in [0.05, 0.1) is 6.42 Å². The molecule has 1 amide bonds. The largest absolute Gasteiger partial charge is 0.353 e. The molecule has 2 aromatic rings. The molecule has 1 aliphatic rings. The number of aromatic nitrogens is 3. The van der Waals surface area contributed by atoms with Gasteiger partial charge in [0.15, 0.2) is 0 Å². The lowest BCUT2D eigenvalue weighted by Gasteiger charge is -2.22. The van der Waals surface area contributed by atoms with E-state index in [0.717, 1.165) is 31.2 Å². The number of carbonyl (C=O) groups is 1. The van der Waals surface area contributed by atoms with Crippen LogP contribution in [0.5, 0.6) is 0 Å². The van der Waals surface area contributed by atoms with E-state index in [1.165, 1.54) is 6.42 Å². The molecule has 2 N–H and O–H groups in total. The molecule has 0 spiro atoms. The number of aryl methyl sites for hydroxylation is 1. The second-order valence-electron chi connectivity index (χ2n) is 6.30. The fourth-order valence-electron chi connectivity index (χ4n) is 3.14. The summed E-state index contributed by atoms with van der Waals surface area (Å²) < 4.78 is 0. The van der Waals surface area contributed by atoms with Crippen molar-refractivity contribution in [3.8, 4) is 11.4 Å². The third-order valence-corrected chi connectivity index (χ3v) is 4.46. The Kier molecular flexibility index (Phi) is 5.03. The number of aromatic amines is 1. The molecule has 0 unspecified atom stereocenters. The van der Waals surface area contributed by atoms with Crippen molar-refractivity contribution in [2.24, 2.45) is 0 Å². The van der Waals surface area contributed by atoms with Crippen molar-refractivity contribution >= 4 is 5.91 Å². The standard InChI is InChI=1S/C18H22N4O2/c1-12-15(10-16(23)21-14-7-3-2-4-8-14)18(24)22-17(20-12)13-6-5-9-19-11-13/h5-6,9,11,14H,2-4,7-8,10H2,1H3,(H,21,23)(H,20,22,24). The summed E-state index contributed by atoms with van der Waals surface area (Å²) in [7, 11) is 0. The molecule has 1 saturated carbocycles. The van der Waals surface area contributed by atoms with Crippen LogP contribution in [0.4, 0.5) is 0 Å². The van der Waals surface area contributed by atoms with E-state index in [9.17, 15) is 9.59 Å². The van der Waals surface area contributed by atoms with Crippen LogP contribution < -0.4 is 10.9 Å². The van der Waals surface area contributed by atoms with Crippen LogP contribution in [0.15, 0.2) is 29.3 Å². The van der Waals surface area contributed by atoms with E-state index in [1.807, 2.05) is 6.07 Å². The second-order valence-corrected chi connectivity index (χ2v) is 6.30. The molecule has 3 rings (SSSR count). The Hall–Kier alpha value is -2.50. The Morgan fingerprint density at radius 2 is 2.12 bits per heavy atom. The number of hydrogen-bond donors (Lipinski definition) is 2. The van der Waals surface area contributed by atoms with Crippen molar-refractivity contribution < 1.29 is 4.79 Å². The predicted molar refractivity (Wildman–Crippen MR) is 91.5 cm³/mol. The molecule has 24 heavy (non-hydrogen) atoms. The first-order valence-electron chi connectivity index (χ1n) is 8.43. The summed E-state index contributed by atoms with van der Waals surface area (Å²) in [4.78, 5) is 35.8. The number of pyridine rings is 1. The molecule has 126 valence electrons. The maximum Gasteiger partial charge on any atom is 0.255 e. The fourth-order valence-corrected chi connectivity index (χ4v) is 3.14. The maximum atomic E-state index is 12.4. The summed E-state index contributed by atoms with van der Waals surface area (Å²) in [5.74, 6) is 0.369. The summed E-state index contributed by atoms with van der Waals surface area (Å²) in [6.07, 6.45) is 8.99. The number of nitrogens with one attached hydrogen (secondary N) is 2. The van der Waals surface area contributed by atoms with Gasteiger partial charge in [0.1, 0.15) is 5.82 Å². The van der Waals surface area contributed by atoms with Crippen LogP contribution >= 0.6 is 0 Å². The molecule has 0 radical (unpaired) electrons. The number of nitrogens with zero attached hydrogens (tertiary/aromatic N) is 2. The number of rotatable bonds is 4. The minimum absolute atomic E-state index is 0.0674. The van der Waals surface area contributed by atoms with Gasteiger partial charge in [0.25, 0.3) is 5.56 Å². The van der Waals surface area contributed by atoms with Gasteiger partial charge in [-0.05, 0) is 31.9 Å². The molecule has 0 atom stereocenters. The molecule has 1 aliphatic carbocycles. The van der Waals surface area contributed by atoms with Gasteiger partial charge in [-0.25, -0.2) is 4.98 Å². The molecular weight excluding hydrogens is 304 g/mol. The van der Waals surface area contributed by atoms with Crippen molar-refractivity contribution in [1.82, 2.24) is 20.3 Å². The summed E-state index contributed by atoms with van der Waals surface area (Å²) >= 11 is 0. The summed E-state index contributed by atoms with van der Waals surface area (Å²) in [5.41, 5.74) is 1.49. The van der Waals surface area contributed by atoms with Crippen molar-refractivity contribution in [3.05, 3.63) is 46.1 Å². The van der Waals surface area contributed by atoms with E-state index < -0.39 is 0 Å². The highest BCUT2D eigenvalue weighted by molar-refractivity contribution is 5.79. The highest BCUT2D eigenvalue weighted by Gasteiger charge is 2.18. The average molecular weight is 326 g/mol. The highest BCUT2D eigenvalue weighted by atomic mass is 16.2. The van der Waals surface area contributed by atoms with E-state index in [2.05, 4.69) is 20.3 Å². The Morgan fingerprint density at radius 3 is 2.79 bits per heavy atom. The molecule has 6 heteroatoms. The zero-order chi connectivity index (χ0) is 16.9. The summed E-state index contributed by atoms with van der Waals surface area (Å²) in [5, 5.41) is 3.04. The van der Waals surface area contributed by atoms with Crippen molar-refractivity contribution in [2.45, 2.75) is 51.5 Å². The topological polar surface area (TPSA) is 87.7 Å². The molecular formula is C18H22N4O2. The van der Waals surface area contributed by atoms with Gasteiger partial charge < -0.3 is 10.3 Å². The van der Waals surface area contributed by atoms with E-state index in [1.54, 1.807) is 25.4 Å². The minimum Gasteiger partial charge on any atom is -0.353 e. The molecule has 2 heterocycles. The number of hydrogen-bond acceptors (Lipinski definition) is 4. The van der Waals surface area contributed by atoms with Crippen molar-refractivity contribution in [3.63, 3.8) is 0 Å². The van der Waals surface area contributed by atoms with Gasteiger partial charge in [0.2, 0.25) is 5.91 Å². The van der Waals surface area contributed by atoms with Gasteiger partial charge in [-0.3, -0.25) is 14.6 Å². The lowest BCUT2D eigenvalue weighted by atomic mass is 9.95. The van der Waals surface area contributed by atoms with E-state index in [0.29, 0.717) is 17.1 Å². The fraction of sp³-hybridized carbons (Fsp3) is 0.444. The maximum absolute atomic E-state index is 12.4. The Labute approximate surface area is 140 Å². The monoisotopic (exact) mass is 326 g/mol. The zero-order valence-electron chi connectivity index (χ0n) is 13.8. The zero-order valence-corrected chi connectivity index (χ0v) is 13.8. The predicted octanol–water partition coefficient (Wildman–Crippen LogP) is 2.13. The van der Waals surface area contributed by atoms with Crippen molar-refractivity contribution in [2.75, 3.05) is 0 Å². The van der Waals surface area contributed by atoms with Crippen LogP contribution in [0.1, 0.15) is 43.4 Å². The summed E-state index contributed by atoms with van der Waals surface area (Å²) in [6, 6.07) is 3.87. The van der Waals surface area contributed by atoms with E-state index in [-0.39, 0.29) is 23.9 Å². The van der Waals surface area contributed by atoms with Gasteiger partial charge in [-0.2, -0.15) is 0 Å². The van der Waals surface area contributed by atoms with Crippen molar-refractivity contribution in [1.29, 1.82) is 0 Å². The van der Waals surface area contributed by atoms with Gasteiger partial charge in [-0.1, -0.05) is 19.3 Å². The molecule has 0 bridgehead atoms. The quantitative estimate of drug-likeness (QED) is 0.901. The van der Waals surface area contributed by atoms with Gasteiger partial charge in [-0.15, -0.1) is 0 Å². The van der Waals surface area contributed by atoms with Crippen LogP contribution in [0, 0.1) is 6.92 Å². The lowest BCUT2D eigenvalue weighted by Crippen LogP contribution is -2.38. The molecule has 0 aliphatic heterocycles. The molecule has 2 aromatic heterocycles. The number of H-pyrrole nitrogens is 1. The first kappa shape index (κ1) is 16.4. The molecule has 0 aromatic carbocycles. The smallest absolute Gasteiger partial charge is 0.255 e. The van der Waals surface area contributed by atoms with Crippen LogP contribution in [0.2, 0.25) is 0 Å². The van der Waals surface area contributed by atoms with E-state index in [4.69, 9.17) is 0 Å². The van der Waals surface area contributed by atoms with Crippen LogP contribution in [0.3, 0.4) is 0 Å². The highest BCUT2D eigenvalue weighted by Crippen LogP contribution is 2.17. The number of amides is 1. The van der Waals surface area contributed by atoms with E-state index >= 15 is 0 Å². The molecule has 6 nitrogen and oxygen atoms in total. The lowest BCUT2D eigenvalue weighted by molar-refractivity contribution is -0.121. The SMILES string of the molecule is Cc1nc(-c2cccnc2)[nH]c(=O)c1CC(=O)NC1CCCCC1. The Morgan fingerprint density at radius 1 is 1.33 bits per heavy atom. The second kappa shape index (κ2) is 7.38. The minimum atomic E-state index is -0.264. The van der Waals surface area contributed by atoms with Crippen LogP contribution in [-0.4, -0.2) is 26.9 Å². The Balaban J connectivity index is 1.74. The third-order valence-electron chi connectivity index (χ3n) is 4.46.